The molecule has 0 saturated heterocycles. The molecule has 0 heterocycles. The number of benzene rings is 1. The van der Waals surface area contributed by atoms with Crippen molar-refractivity contribution in [2.45, 2.75) is 43.6 Å². The number of aliphatic hydroxyl groups excluding tert-OH is 1. The van der Waals surface area contributed by atoms with E-state index in [0.29, 0.717) is 0 Å². The summed E-state index contributed by atoms with van der Waals surface area (Å²) in [5.74, 6) is -3.61. The molecule has 0 aliphatic heterocycles. The van der Waals surface area contributed by atoms with Gasteiger partial charge in [-0.2, -0.15) is 25.3 Å². The minimum atomic E-state index is -1.56. The van der Waals surface area contributed by atoms with Crippen molar-refractivity contribution in [3.8, 4) is 0 Å². The monoisotopic (exact) mass is 472 g/mol. The third-order valence-electron chi connectivity index (χ3n) is 4.31. The highest BCUT2D eigenvalue weighted by Gasteiger charge is 2.31. The van der Waals surface area contributed by atoms with Gasteiger partial charge in [0.15, 0.2) is 6.04 Å². The average Bonchev–Trinajstić information content (AvgIpc) is 2.74. The van der Waals surface area contributed by atoms with Gasteiger partial charge in [0.1, 0.15) is 12.1 Å². The van der Waals surface area contributed by atoms with Crippen LogP contribution in [0.1, 0.15) is 12.5 Å². The van der Waals surface area contributed by atoms with Crippen molar-refractivity contribution < 1.29 is 29.4 Å². The number of carbonyl (C=O) groups excluding carboxylic acids is 3. The second-order valence-corrected chi connectivity index (χ2v) is 7.58. The zero-order valence-electron chi connectivity index (χ0n) is 16.9. The van der Waals surface area contributed by atoms with E-state index < -0.39 is 54.0 Å². The number of hydrogen-bond acceptors (Lipinski definition) is 8. The molecule has 0 fully saturated rings. The number of aliphatic hydroxyl groups is 1. The zero-order chi connectivity index (χ0) is 23.6. The Labute approximate surface area is 191 Å². The van der Waals surface area contributed by atoms with E-state index in [4.69, 9.17) is 10.8 Å². The van der Waals surface area contributed by atoms with Crippen LogP contribution in [0, 0.1) is 0 Å². The summed E-state index contributed by atoms with van der Waals surface area (Å²) in [4.78, 5) is 48.7. The molecular weight excluding hydrogens is 444 g/mol. The Balaban J connectivity index is 2.96. The maximum absolute atomic E-state index is 12.9. The highest BCUT2D eigenvalue weighted by molar-refractivity contribution is 7.80. The summed E-state index contributed by atoms with van der Waals surface area (Å²) < 4.78 is 0. The maximum atomic E-state index is 12.9. The highest BCUT2D eigenvalue weighted by Crippen LogP contribution is 2.05. The van der Waals surface area contributed by atoms with Gasteiger partial charge in [-0.05, 0) is 12.5 Å². The van der Waals surface area contributed by atoms with Crippen LogP contribution >= 0.6 is 25.3 Å². The Morgan fingerprint density at radius 2 is 1.48 bits per heavy atom. The van der Waals surface area contributed by atoms with E-state index >= 15 is 0 Å². The van der Waals surface area contributed by atoms with Crippen LogP contribution in [0.4, 0.5) is 0 Å². The molecule has 10 nitrogen and oxygen atoms in total. The van der Waals surface area contributed by atoms with E-state index in [-0.39, 0.29) is 17.9 Å². The van der Waals surface area contributed by atoms with Gasteiger partial charge in [-0.15, -0.1) is 0 Å². The van der Waals surface area contributed by atoms with Crippen molar-refractivity contribution in [2.24, 2.45) is 5.73 Å². The van der Waals surface area contributed by atoms with E-state index in [2.05, 4.69) is 41.2 Å². The molecule has 0 aromatic heterocycles. The largest absolute Gasteiger partial charge is 0.480 e. The van der Waals surface area contributed by atoms with Gasteiger partial charge in [0.2, 0.25) is 17.7 Å². The molecular formula is C19H28N4O6S2. The first kappa shape index (κ1) is 26.8. The van der Waals surface area contributed by atoms with Crippen LogP contribution in [0.25, 0.3) is 0 Å². The fraction of sp³-hybridized carbons (Fsp3) is 0.474. The first-order valence-electron chi connectivity index (χ1n) is 9.43. The Bertz CT molecular complexity index is 765. The molecule has 1 rings (SSSR count). The number of hydrogen-bond donors (Lipinski definition) is 8. The van der Waals surface area contributed by atoms with Crippen molar-refractivity contribution in [1.29, 1.82) is 0 Å². The number of amides is 3. The quantitative estimate of drug-likeness (QED) is 0.168. The lowest BCUT2D eigenvalue weighted by Crippen LogP contribution is -2.59. The van der Waals surface area contributed by atoms with E-state index in [9.17, 15) is 24.3 Å². The molecule has 3 amide bonds. The number of carboxylic acids is 1. The average molecular weight is 473 g/mol. The number of nitrogens with two attached hydrogens (primary N) is 1. The van der Waals surface area contributed by atoms with Crippen LogP contribution in [0.3, 0.4) is 0 Å². The zero-order valence-corrected chi connectivity index (χ0v) is 18.7. The Hall–Kier alpha value is -2.28. The lowest BCUT2D eigenvalue weighted by Gasteiger charge is -2.25. The molecule has 5 unspecified atom stereocenters. The molecule has 0 aliphatic rings. The van der Waals surface area contributed by atoms with Crippen LogP contribution in [-0.2, 0) is 25.6 Å². The molecule has 12 heteroatoms. The van der Waals surface area contributed by atoms with Crippen LogP contribution in [-0.4, -0.2) is 75.7 Å². The van der Waals surface area contributed by atoms with Crippen molar-refractivity contribution in [1.82, 2.24) is 16.0 Å². The Kier molecular flexibility index (Phi) is 11.4. The summed E-state index contributed by atoms with van der Waals surface area (Å²) in [6, 6.07) is 4.15. The van der Waals surface area contributed by atoms with Crippen molar-refractivity contribution in [3.63, 3.8) is 0 Å². The van der Waals surface area contributed by atoms with Crippen molar-refractivity contribution >= 4 is 48.9 Å². The Morgan fingerprint density at radius 1 is 0.935 bits per heavy atom. The summed E-state index contributed by atoms with van der Waals surface area (Å²) >= 11 is 8.01. The second-order valence-electron chi connectivity index (χ2n) is 6.85. The number of carboxylic acid groups (broad SMARTS) is 1. The molecule has 31 heavy (non-hydrogen) atoms. The first-order chi connectivity index (χ1) is 14.6. The summed E-state index contributed by atoms with van der Waals surface area (Å²) in [6.45, 7) is 1.21. The topological polar surface area (TPSA) is 171 Å². The number of rotatable bonds is 12. The second kappa shape index (κ2) is 13.2. The van der Waals surface area contributed by atoms with Crippen molar-refractivity contribution in [3.05, 3.63) is 35.9 Å². The normalized spacial score (nSPS) is 15.6. The molecule has 0 saturated carbocycles. The van der Waals surface area contributed by atoms with Gasteiger partial charge in [0.25, 0.3) is 0 Å². The molecule has 1 aromatic carbocycles. The molecule has 0 radical (unpaired) electrons. The van der Waals surface area contributed by atoms with Gasteiger partial charge < -0.3 is 31.9 Å². The van der Waals surface area contributed by atoms with E-state index in [1.807, 2.05) is 0 Å². The molecule has 0 spiro atoms. The SMILES string of the molecule is CC(O)C(NC(=O)C(CS)NC(=O)C(Cc1ccccc1)NC(=O)C(N)CS)C(=O)O. The third-order valence-corrected chi connectivity index (χ3v) is 5.07. The number of carbonyl (C=O) groups is 4. The van der Waals surface area contributed by atoms with Gasteiger partial charge in [0.05, 0.1) is 12.1 Å². The summed E-state index contributed by atoms with van der Waals surface area (Å²) in [5, 5.41) is 25.8. The summed E-state index contributed by atoms with van der Waals surface area (Å²) in [6.07, 6.45) is -1.23. The maximum Gasteiger partial charge on any atom is 0.328 e. The minimum Gasteiger partial charge on any atom is -0.480 e. The van der Waals surface area contributed by atoms with E-state index in [1.54, 1.807) is 30.3 Å². The Morgan fingerprint density at radius 3 is 1.97 bits per heavy atom. The standard InChI is InChI=1S/C19H28N4O6S2/c1-10(24)15(19(28)29)23-18(27)14(9-31)22-17(26)13(21-16(25)12(20)8-30)7-11-5-3-2-4-6-11/h2-6,10,12-15,24,30-31H,7-9,20H2,1H3,(H,21,25)(H,22,26)(H,23,27)(H,28,29). The number of thiol groups is 2. The molecule has 5 atom stereocenters. The molecule has 1 aromatic rings. The van der Waals surface area contributed by atoms with Crippen LogP contribution in [0.15, 0.2) is 30.3 Å². The van der Waals surface area contributed by atoms with Crippen molar-refractivity contribution in [2.75, 3.05) is 11.5 Å². The molecule has 0 bridgehead atoms. The molecule has 0 aliphatic carbocycles. The van der Waals surface area contributed by atoms with Crippen LogP contribution < -0.4 is 21.7 Å². The summed E-state index contributed by atoms with van der Waals surface area (Å²) in [7, 11) is 0. The van der Waals surface area contributed by atoms with Gasteiger partial charge in [-0.25, -0.2) is 4.79 Å². The molecule has 7 N–H and O–H groups in total. The van der Waals surface area contributed by atoms with E-state index in [1.165, 1.54) is 6.92 Å². The third kappa shape index (κ3) is 8.77. The van der Waals surface area contributed by atoms with Crippen LogP contribution in [0.5, 0.6) is 0 Å². The molecule has 172 valence electrons. The minimum absolute atomic E-state index is 0.0725. The van der Waals surface area contributed by atoms with Gasteiger partial charge in [-0.1, -0.05) is 30.3 Å². The number of aliphatic carboxylic acids is 1. The number of nitrogens with one attached hydrogen (secondary N) is 3. The fourth-order valence-electron chi connectivity index (χ4n) is 2.53. The highest BCUT2D eigenvalue weighted by atomic mass is 32.1. The predicted molar refractivity (Wildman–Crippen MR) is 121 cm³/mol. The fourth-order valence-corrected chi connectivity index (χ4v) is 2.95. The van der Waals surface area contributed by atoms with Crippen LogP contribution in [0.2, 0.25) is 0 Å². The van der Waals surface area contributed by atoms with Gasteiger partial charge in [0, 0.05) is 17.9 Å². The first-order valence-corrected chi connectivity index (χ1v) is 10.7. The van der Waals surface area contributed by atoms with Gasteiger partial charge >= 0.3 is 5.97 Å². The lowest BCUT2D eigenvalue weighted by molar-refractivity contribution is -0.145. The van der Waals surface area contributed by atoms with Gasteiger partial charge in [-0.3, -0.25) is 14.4 Å². The summed E-state index contributed by atoms with van der Waals surface area (Å²) in [5.41, 5.74) is 6.43. The van der Waals surface area contributed by atoms with E-state index in [0.717, 1.165) is 5.56 Å². The lowest BCUT2D eigenvalue weighted by atomic mass is 10.0. The predicted octanol–water partition coefficient (Wildman–Crippen LogP) is -1.66. The smallest absolute Gasteiger partial charge is 0.328 e.